The smallest absolute Gasteiger partial charge is 0.0611 e. The van der Waals surface area contributed by atoms with Crippen molar-refractivity contribution >= 4 is 5.69 Å². The van der Waals surface area contributed by atoms with Crippen LogP contribution >= 0.6 is 0 Å². The summed E-state index contributed by atoms with van der Waals surface area (Å²) < 4.78 is 0. The van der Waals surface area contributed by atoms with E-state index in [9.17, 15) is 5.11 Å². The number of rotatable bonds is 7. The van der Waals surface area contributed by atoms with Gasteiger partial charge in [0.15, 0.2) is 0 Å². The third-order valence-corrected chi connectivity index (χ3v) is 3.15. The number of benzene rings is 1. The molecule has 0 aliphatic carbocycles. The van der Waals surface area contributed by atoms with Crippen LogP contribution in [0.25, 0.3) is 0 Å². The first kappa shape index (κ1) is 14.0. The number of hydrogen-bond acceptors (Lipinski definition) is 3. The zero-order valence-electron chi connectivity index (χ0n) is 11.1. The SMILES string of the molecule is CCNC(C)(CO)CCN(C)c1ccccc1. The highest BCUT2D eigenvalue weighted by atomic mass is 16.3. The van der Waals surface area contributed by atoms with E-state index in [4.69, 9.17) is 0 Å². The third kappa shape index (κ3) is 4.36. The molecule has 0 saturated heterocycles. The summed E-state index contributed by atoms with van der Waals surface area (Å²) in [6.45, 7) is 6.10. The fourth-order valence-corrected chi connectivity index (χ4v) is 1.88. The summed E-state index contributed by atoms with van der Waals surface area (Å²) in [6, 6.07) is 10.3. The number of aliphatic hydroxyl groups is 1. The van der Waals surface area contributed by atoms with Crippen molar-refractivity contribution in [1.29, 1.82) is 0 Å². The Labute approximate surface area is 104 Å². The Morgan fingerprint density at radius 1 is 1.29 bits per heavy atom. The lowest BCUT2D eigenvalue weighted by Gasteiger charge is -2.31. The van der Waals surface area contributed by atoms with Crippen molar-refractivity contribution in [2.75, 3.05) is 31.6 Å². The molecule has 0 amide bonds. The number of para-hydroxylation sites is 1. The van der Waals surface area contributed by atoms with Gasteiger partial charge in [0.1, 0.15) is 0 Å². The molecule has 0 fully saturated rings. The van der Waals surface area contributed by atoms with E-state index in [1.165, 1.54) is 5.69 Å². The first-order valence-corrected chi connectivity index (χ1v) is 6.23. The Balaban J connectivity index is 2.50. The van der Waals surface area contributed by atoms with Crippen molar-refractivity contribution in [1.82, 2.24) is 5.32 Å². The van der Waals surface area contributed by atoms with E-state index in [0.29, 0.717) is 0 Å². The number of nitrogens with zero attached hydrogens (tertiary/aromatic N) is 1. The number of anilines is 1. The van der Waals surface area contributed by atoms with Crippen LogP contribution < -0.4 is 10.2 Å². The number of hydrogen-bond donors (Lipinski definition) is 2. The van der Waals surface area contributed by atoms with E-state index in [1.807, 2.05) is 18.2 Å². The molecule has 2 N–H and O–H groups in total. The molecule has 0 aliphatic heterocycles. The van der Waals surface area contributed by atoms with Gasteiger partial charge < -0.3 is 15.3 Å². The van der Waals surface area contributed by atoms with Gasteiger partial charge in [0.25, 0.3) is 0 Å². The largest absolute Gasteiger partial charge is 0.394 e. The van der Waals surface area contributed by atoms with Gasteiger partial charge >= 0.3 is 0 Å². The molecule has 1 aromatic carbocycles. The quantitative estimate of drug-likeness (QED) is 0.758. The lowest BCUT2D eigenvalue weighted by atomic mass is 9.98. The molecule has 1 aromatic rings. The average molecular weight is 236 g/mol. The Morgan fingerprint density at radius 3 is 2.47 bits per heavy atom. The zero-order valence-corrected chi connectivity index (χ0v) is 11.1. The lowest BCUT2D eigenvalue weighted by molar-refractivity contribution is 0.169. The van der Waals surface area contributed by atoms with Gasteiger partial charge in [-0.2, -0.15) is 0 Å². The second-order valence-electron chi connectivity index (χ2n) is 4.76. The van der Waals surface area contributed by atoms with E-state index in [0.717, 1.165) is 19.5 Å². The van der Waals surface area contributed by atoms with Crippen LogP contribution in [0.5, 0.6) is 0 Å². The summed E-state index contributed by atoms with van der Waals surface area (Å²) in [5, 5.41) is 12.8. The van der Waals surface area contributed by atoms with Gasteiger partial charge in [0.2, 0.25) is 0 Å². The minimum Gasteiger partial charge on any atom is -0.394 e. The molecule has 1 atom stereocenters. The second kappa shape index (κ2) is 6.62. The summed E-state index contributed by atoms with van der Waals surface area (Å²) >= 11 is 0. The van der Waals surface area contributed by atoms with Crippen molar-refractivity contribution in [3.05, 3.63) is 30.3 Å². The van der Waals surface area contributed by atoms with Crippen molar-refractivity contribution < 1.29 is 5.11 Å². The molecule has 1 rings (SSSR count). The van der Waals surface area contributed by atoms with Gasteiger partial charge in [-0.1, -0.05) is 25.1 Å². The molecule has 17 heavy (non-hydrogen) atoms. The second-order valence-corrected chi connectivity index (χ2v) is 4.76. The van der Waals surface area contributed by atoms with Gasteiger partial charge in [-0.05, 0) is 32.0 Å². The number of nitrogens with one attached hydrogen (secondary N) is 1. The molecule has 0 radical (unpaired) electrons. The maximum absolute atomic E-state index is 9.42. The van der Waals surface area contributed by atoms with E-state index >= 15 is 0 Å². The van der Waals surface area contributed by atoms with Crippen LogP contribution in [-0.2, 0) is 0 Å². The molecule has 0 heterocycles. The highest BCUT2D eigenvalue weighted by Crippen LogP contribution is 2.15. The molecular weight excluding hydrogens is 212 g/mol. The number of likely N-dealkylation sites (N-methyl/N-ethyl adjacent to an activating group) is 1. The van der Waals surface area contributed by atoms with Crippen molar-refractivity contribution in [2.45, 2.75) is 25.8 Å². The summed E-state index contributed by atoms with van der Waals surface area (Å²) in [5.74, 6) is 0. The molecule has 3 heteroatoms. The minimum atomic E-state index is -0.183. The Hall–Kier alpha value is -1.06. The lowest BCUT2D eigenvalue weighted by Crippen LogP contribution is -2.47. The summed E-state index contributed by atoms with van der Waals surface area (Å²) in [4.78, 5) is 2.21. The fraction of sp³-hybridized carbons (Fsp3) is 0.571. The summed E-state index contributed by atoms with van der Waals surface area (Å²) in [5.41, 5.74) is 1.03. The van der Waals surface area contributed by atoms with Crippen molar-refractivity contribution in [2.24, 2.45) is 0 Å². The van der Waals surface area contributed by atoms with Gasteiger partial charge in [-0.25, -0.2) is 0 Å². The van der Waals surface area contributed by atoms with Gasteiger partial charge in [-0.3, -0.25) is 0 Å². The number of aliphatic hydroxyl groups excluding tert-OH is 1. The van der Waals surface area contributed by atoms with Crippen molar-refractivity contribution in [3.8, 4) is 0 Å². The highest BCUT2D eigenvalue weighted by Gasteiger charge is 2.21. The van der Waals surface area contributed by atoms with Crippen LogP contribution in [0.4, 0.5) is 5.69 Å². The van der Waals surface area contributed by atoms with Gasteiger partial charge in [0.05, 0.1) is 6.61 Å². The zero-order chi connectivity index (χ0) is 12.7. The monoisotopic (exact) mass is 236 g/mol. The predicted octanol–water partition coefficient (Wildman–Crippen LogP) is 1.87. The first-order chi connectivity index (χ1) is 8.11. The van der Waals surface area contributed by atoms with Crippen LogP contribution in [0.1, 0.15) is 20.3 Å². The topological polar surface area (TPSA) is 35.5 Å². The van der Waals surface area contributed by atoms with Crippen LogP contribution in [-0.4, -0.2) is 37.4 Å². The Kier molecular flexibility index (Phi) is 5.45. The van der Waals surface area contributed by atoms with E-state index in [-0.39, 0.29) is 12.1 Å². The summed E-state index contributed by atoms with van der Waals surface area (Å²) in [6.07, 6.45) is 0.919. The third-order valence-electron chi connectivity index (χ3n) is 3.15. The maximum atomic E-state index is 9.42. The van der Waals surface area contributed by atoms with Gasteiger partial charge in [0, 0.05) is 24.8 Å². The molecular formula is C14H24N2O. The standard InChI is InChI=1S/C14H24N2O/c1-4-15-14(2,12-17)10-11-16(3)13-8-6-5-7-9-13/h5-9,15,17H,4,10-12H2,1-3H3. The van der Waals surface area contributed by atoms with Crippen LogP contribution in [0.15, 0.2) is 30.3 Å². The molecule has 3 nitrogen and oxygen atoms in total. The average Bonchev–Trinajstić information content (AvgIpc) is 2.37. The summed E-state index contributed by atoms with van der Waals surface area (Å²) in [7, 11) is 2.08. The molecule has 1 unspecified atom stereocenters. The molecule has 0 saturated carbocycles. The van der Waals surface area contributed by atoms with E-state index in [2.05, 4.69) is 43.2 Å². The van der Waals surface area contributed by atoms with E-state index in [1.54, 1.807) is 0 Å². The molecule has 96 valence electrons. The van der Waals surface area contributed by atoms with Crippen LogP contribution in [0.2, 0.25) is 0 Å². The predicted molar refractivity (Wildman–Crippen MR) is 73.5 cm³/mol. The molecule has 0 bridgehead atoms. The first-order valence-electron chi connectivity index (χ1n) is 6.23. The van der Waals surface area contributed by atoms with Crippen molar-refractivity contribution in [3.63, 3.8) is 0 Å². The minimum absolute atomic E-state index is 0.170. The Bertz CT molecular complexity index is 315. The molecule has 0 spiro atoms. The highest BCUT2D eigenvalue weighted by molar-refractivity contribution is 5.44. The van der Waals surface area contributed by atoms with Gasteiger partial charge in [-0.15, -0.1) is 0 Å². The molecule has 0 aliphatic rings. The van der Waals surface area contributed by atoms with Crippen LogP contribution in [0, 0.1) is 0 Å². The normalized spacial score (nSPS) is 14.4. The maximum Gasteiger partial charge on any atom is 0.0611 e. The van der Waals surface area contributed by atoms with E-state index < -0.39 is 0 Å². The Morgan fingerprint density at radius 2 is 1.94 bits per heavy atom. The fourth-order valence-electron chi connectivity index (χ4n) is 1.88. The molecule has 0 aromatic heterocycles. The van der Waals surface area contributed by atoms with Crippen LogP contribution in [0.3, 0.4) is 0 Å².